The number of carbonyl (C=O) groups excluding carboxylic acids is 2. The van der Waals surface area contributed by atoms with Crippen molar-refractivity contribution in [3.05, 3.63) is 105 Å². The number of amides is 2. The van der Waals surface area contributed by atoms with Crippen molar-refractivity contribution in [3.8, 4) is 28.6 Å². The molecule has 0 spiro atoms. The predicted octanol–water partition coefficient (Wildman–Crippen LogP) is 6.11. The topological polar surface area (TPSA) is 231 Å². The summed E-state index contributed by atoms with van der Waals surface area (Å²) in [6.07, 6.45) is -1.72. The van der Waals surface area contributed by atoms with Crippen LogP contribution in [-0.4, -0.2) is 105 Å². The van der Waals surface area contributed by atoms with E-state index < -0.39 is 65.8 Å². The summed E-state index contributed by atoms with van der Waals surface area (Å²) in [5.74, 6) is 1.57. The zero-order valence-corrected chi connectivity index (χ0v) is 41.9. The van der Waals surface area contributed by atoms with Gasteiger partial charge in [0, 0.05) is 29.7 Å². The lowest BCUT2D eigenvalue weighted by Crippen LogP contribution is -2.51. The van der Waals surface area contributed by atoms with E-state index in [-0.39, 0.29) is 37.6 Å². The van der Waals surface area contributed by atoms with Gasteiger partial charge in [-0.15, -0.1) is 10.2 Å². The number of nitrogens with one attached hydrogen (secondary N) is 3. The standard InChI is InChI=1S/C44H55IN8O11S2/c1-43(2,3)63-41(54)46-24-32(48-42(55)64-44(4,5)6)25-47-65(56,57)37-23-22-36(45)38(40-49-51-53(50-40)28-31-14-20-35(62-9)21-15-31)39(37)66(58,59)52(26-29-10-16-33(60-7)17-11-29)27-30-12-18-34(61-8)19-13-30/h10-23,32,47H,24-28H2,1-9H3,(H,46,54)(H,48,55)/t32-/m0/s1. The highest BCUT2D eigenvalue weighted by molar-refractivity contribution is 14.1. The highest BCUT2D eigenvalue weighted by Gasteiger charge is 2.38. The lowest BCUT2D eigenvalue weighted by Gasteiger charge is -2.26. The molecule has 19 nitrogen and oxygen atoms in total. The summed E-state index contributed by atoms with van der Waals surface area (Å²) in [6, 6.07) is 22.2. The van der Waals surface area contributed by atoms with Crippen molar-refractivity contribution >= 4 is 54.8 Å². The molecule has 0 aliphatic heterocycles. The lowest BCUT2D eigenvalue weighted by molar-refractivity contribution is 0.0465. The number of carbonyl (C=O) groups is 2. The number of tetrazole rings is 1. The summed E-state index contributed by atoms with van der Waals surface area (Å²) in [4.78, 5) is 25.6. The Morgan fingerprint density at radius 1 is 0.697 bits per heavy atom. The van der Waals surface area contributed by atoms with Crippen molar-refractivity contribution in [1.29, 1.82) is 0 Å². The predicted molar refractivity (Wildman–Crippen MR) is 253 cm³/mol. The molecule has 0 unspecified atom stereocenters. The molecule has 5 rings (SSSR count). The molecule has 0 saturated carbocycles. The molecule has 22 heteroatoms. The molecule has 3 N–H and O–H groups in total. The van der Waals surface area contributed by atoms with Gasteiger partial charge in [0.05, 0.1) is 39.5 Å². The van der Waals surface area contributed by atoms with Gasteiger partial charge in [0.15, 0.2) is 0 Å². The first kappa shape index (κ1) is 51.4. The third-order valence-electron chi connectivity index (χ3n) is 9.29. The molecule has 2 amide bonds. The van der Waals surface area contributed by atoms with Crippen molar-refractivity contribution in [2.45, 2.75) is 88.2 Å². The number of benzene rings is 4. The molecule has 0 bridgehead atoms. The Balaban J connectivity index is 1.64. The summed E-state index contributed by atoms with van der Waals surface area (Å²) >= 11 is 1.91. The van der Waals surface area contributed by atoms with E-state index in [9.17, 15) is 18.0 Å². The number of nitrogens with zero attached hydrogens (tertiary/aromatic N) is 5. The van der Waals surface area contributed by atoms with Crippen LogP contribution in [0.15, 0.2) is 94.7 Å². The van der Waals surface area contributed by atoms with Crippen LogP contribution in [0.5, 0.6) is 17.2 Å². The van der Waals surface area contributed by atoms with Gasteiger partial charge in [-0.25, -0.2) is 31.1 Å². The lowest BCUT2D eigenvalue weighted by atomic mass is 10.2. The Bertz CT molecular complexity index is 2620. The van der Waals surface area contributed by atoms with Crippen LogP contribution in [0.25, 0.3) is 11.4 Å². The second kappa shape index (κ2) is 21.8. The number of ether oxygens (including phenoxy) is 5. The number of hydrogen-bond donors (Lipinski definition) is 3. The number of sulfonamides is 2. The minimum atomic E-state index is -4.87. The second-order valence-electron chi connectivity index (χ2n) is 16.8. The Morgan fingerprint density at radius 2 is 1.18 bits per heavy atom. The molecule has 1 atom stereocenters. The summed E-state index contributed by atoms with van der Waals surface area (Å²) < 4.78 is 91.4. The molecule has 1 aromatic heterocycles. The molecule has 5 aromatic rings. The van der Waals surface area contributed by atoms with E-state index in [4.69, 9.17) is 23.7 Å². The van der Waals surface area contributed by atoms with Crippen LogP contribution in [-0.2, 0) is 49.2 Å². The van der Waals surface area contributed by atoms with E-state index in [1.807, 2.05) is 34.7 Å². The highest BCUT2D eigenvalue weighted by atomic mass is 127. The van der Waals surface area contributed by atoms with Crippen molar-refractivity contribution in [2.24, 2.45) is 0 Å². The van der Waals surface area contributed by atoms with Crippen LogP contribution in [0.4, 0.5) is 9.59 Å². The smallest absolute Gasteiger partial charge is 0.407 e. The first-order valence-corrected chi connectivity index (χ1v) is 24.5. The summed E-state index contributed by atoms with van der Waals surface area (Å²) in [7, 11) is -5.11. The maximum atomic E-state index is 15.6. The van der Waals surface area contributed by atoms with Crippen LogP contribution >= 0.6 is 22.6 Å². The van der Waals surface area contributed by atoms with Gasteiger partial charge in [-0.2, -0.15) is 9.10 Å². The highest BCUT2D eigenvalue weighted by Crippen LogP contribution is 2.38. The van der Waals surface area contributed by atoms with Gasteiger partial charge in [-0.3, -0.25) is 0 Å². The van der Waals surface area contributed by atoms with Gasteiger partial charge in [-0.1, -0.05) is 36.4 Å². The summed E-state index contributed by atoms with van der Waals surface area (Å²) in [5.41, 5.74) is 0.0306. The van der Waals surface area contributed by atoms with E-state index in [1.165, 1.54) is 31.1 Å². The quantitative estimate of drug-likeness (QED) is 0.0793. The minimum Gasteiger partial charge on any atom is -0.497 e. The molecule has 4 aromatic carbocycles. The second-order valence-corrected chi connectivity index (χ2v) is 21.6. The monoisotopic (exact) mass is 1060 g/mol. The minimum absolute atomic E-state index is 0.121. The van der Waals surface area contributed by atoms with Crippen molar-refractivity contribution in [2.75, 3.05) is 34.4 Å². The Labute approximate surface area is 399 Å². The van der Waals surface area contributed by atoms with Gasteiger partial charge in [0.25, 0.3) is 0 Å². The number of aromatic nitrogens is 4. The first-order chi connectivity index (χ1) is 31.0. The van der Waals surface area contributed by atoms with Crippen LogP contribution in [0.2, 0.25) is 0 Å². The van der Waals surface area contributed by atoms with E-state index in [0.29, 0.717) is 31.9 Å². The van der Waals surface area contributed by atoms with E-state index in [2.05, 4.69) is 30.8 Å². The normalized spacial score (nSPS) is 12.6. The third-order valence-corrected chi connectivity index (χ3v) is 13.7. The number of methoxy groups -OCH3 is 3. The van der Waals surface area contributed by atoms with Gasteiger partial charge < -0.3 is 34.3 Å². The number of hydrogen-bond acceptors (Lipinski definition) is 14. The van der Waals surface area contributed by atoms with E-state index >= 15 is 8.42 Å². The Morgan fingerprint density at radius 3 is 1.67 bits per heavy atom. The van der Waals surface area contributed by atoms with Crippen molar-refractivity contribution in [3.63, 3.8) is 0 Å². The van der Waals surface area contributed by atoms with Gasteiger partial charge in [0.2, 0.25) is 25.9 Å². The average Bonchev–Trinajstić information content (AvgIpc) is 3.71. The molecule has 356 valence electrons. The fourth-order valence-corrected chi connectivity index (χ4v) is 10.6. The number of halogens is 1. The van der Waals surface area contributed by atoms with E-state index in [0.717, 1.165) is 9.87 Å². The molecular weight excluding hydrogens is 1010 g/mol. The maximum absolute atomic E-state index is 15.6. The molecule has 0 radical (unpaired) electrons. The zero-order valence-electron chi connectivity index (χ0n) is 38.1. The number of rotatable bonds is 19. The summed E-state index contributed by atoms with van der Waals surface area (Å²) in [5, 5.41) is 18.2. The van der Waals surface area contributed by atoms with Gasteiger partial charge in [0.1, 0.15) is 38.2 Å². The molecule has 0 aliphatic rings. The number of alkyl carbamates (subject to hydrolysis) is 2. The maximum Gasteiger partial charge on any atom is 0.407 e. The largest absolute Gasteiger partial charge is 0.497 e. The van der Waals surface area contributed by atoms with E-state index in [1.54, 1.807) is 109 Å². The SMILES string of the molecule is COc1ccc(CN(Cc2ccc(OC)cc2)S(=O)(=O)c2c(S(=O)(=O)NC[C@H](CNC(=O)OC(C)(C)C)NC(=O)OC(C)(C)C)ccc(I)c2-c2nnn(Cc3ccc(OC)cc3)n2)cc1. The summed E-state index contributed by atoms with van der Waals surface area (Å²) in [6.45, 7) is 8.86. The van der Waals surface area contributed by atoms with Crippen molar-refractivity contribution in [1.82, 2.24) is 39.9 Å². The van der Waals surface area contributed by atoms with Gasteiger partial charge in [-0.05, 0) is 135 Å². The molecular formula is C44H55IN8O11S2. The molecule has 1 heterocycles. The van der Waals surface area contributed by atoms with Crippen LogP contribution in [0, 0.1) is 3.57 Å². The van der Waals surface area contributed by atoms with Crippen LogP contribution < -0.4 is 29.6 Å². The van der Waals surface area contributed by atoms with Gasteiger partial charge >= 0.3 is 12.2 Å². The van der Waals surface area contributed by atoms with Crippen LogP contribution in [0.3, 0.4) is 0 Å². The fraction of sp³-hybridized carbons (Fsp3) is 0.386. The molecule has 0 saturated heterocycles. The molecule has 0 fully saturated rings. The third kappa shape index (κ3) is 14.5. The first-order valence-electron chi connectivity index (χ1n) is 20.5. The van der Waals surface area contributed by atoms with Crippen molar-refractivity contribution < 1.29 is 50.1 Å². The molecule has 0 aliphatic carbocycles. The Kier molecular flexibility index (Phi) is 17.0. The molecule has 66 heavy (non-hydrogen) atoms. The van der Waals surface area contributed by atoms with Crippen LogP contribution in [0.1, 0.15) is 58.2 Å². The fourth-order valence-electron chi connectivity index (χ4n) is 6.20. The Hall–Kier alpha value is -5.56. The average molecular weight is 1060 g/mol. The zero-order chi connectivity index (χ0) is 48.5.